The summed E-state index contributed by atoms with van der Waals surface area (Å²) in [5, 5.41) is 4.18. The second kappa shape index (κ2) is 8.16. The summed E-state index contributed by atoms with van der Waals surface area (Å²) in [7, 11) is 1.73. The van der Waals surface area contributed by atoms with Crippen LogP contribution in [0, 0.1) is 0 Å². The van der Waals surface area contributed by atoms with Gasteiger partial charge in [0.1, 0.15) is 5.60 Å². The maximum Gasteiger partial charge on any atom is 0.258 e. The fourth-order valence-corrected chi connectivity index (χ4v) is 3.78. The molecule has 0 amide bonds. The van der Waals surface area contributed by atoms with E-state index in [0.29, 0.717) is 18.1 Å². The highest BCUT2D eigenvalue weighted by atomic mass is 16.5. The molecule has 1 fully saturated rings. The van der Waals surface area contributed by atoms with Crippen molar-refractivity contribution in [1.82, 2.24) is 25.0 Å². The van der Waals surface area contributed by atoms with Crippen molar-refractivity contribution in [3.8, 4) is 0 Å². The highest BCUT2D eigenvalue weighted by Gasteiger charge is 2.42. The molecular weight excluding hydrogens is 354 g/mol. The van der Waals surface area contributed by atoms with E-state index in [1.54, 1.807) is 19.5 Å². The summed E-state index contributed by atoms with van der Waals surface area (Å²) in [6, 6.07) is 10.4. The van der Waals surface area contributed by atoms with Gasteiger partial charge in [-0.15, -0.1) is 0 Å². The molecule has 4 rings (SSSR count). The van der Waals surface area contributed by atoms with Crippen molar-refractivity contribution >= 4 is 0 Å². The molecule has 0 radical (unpaired) electrons. The zero-order valence-electron chi connectivity index (χ0n) is 16.3. The summed E-state index contributed by atoms with van der Waals surface area (Å²) in [6.45, 7) is 3.89. The summed E-state index contributed by atoms with van der Waals surface area (Å²) in [4.78, 5) is 15.7. The Morgan fingerprint density at radius 3 is 2.64 bits per heavy atom. The molecule has 1 saturated heterocycles. The zero-order chi connectivity index (χ0) is 19.4. The Morgan fingerprint density at radius 2 is 1.96 bits per heavy atom. The second-order valence-corrected chi connectivity index (χ2v) is 7.22. The number of rotatable bonds is 6. The fourth-order valence-electron chi connectivity index (χ4n) is 3.78. The lowest BCUT2D eigenvalue weighted by molar-refractivity contribution is -0.0879. The van der Waals surface area contributed by atoms with Crippen molar-refractivity contribution in [2.45, 2.75) is 37.8 Å². The summed E-state index contributed by atoms with van der Waals surface area (Å²) in [5.41, 5.74) is 1.62. The number of ether oxygens (including phenoxy) is 1. The van der Waals surface area contributed by atoms with Gasteiger partial charge in [-0.3, -0.25) is 14.9 Å². The van der Waals surface area contributed by atoms with Gasteiger partial charge in [0.15, 0.2) is 5.82 Å². The van der Waals surface area contributed by atoms with E-state index in [-0.39, 0.29) is 6.04 Å². The smallest absolute Gasteiger partial charge is 0.258 e. The molecule has 146 valence electrons. The lowest BCUT2D eigenvalue weighted by atomic mass is 9.90. The summed E-state index contributed by atoms with van der Waals surface area (Å²) < 4.78 is 11.5. The number of hydrogen-bond acceptors (Lipinski definition) is 7. The van der Waals surface area contributed by atoms with E-state index in [2.05, 4.69) is 44.1 Å². The SMILES string of the molecule is COC1(c2nc(Cc3ccccc3)no2)CCN(C(C)c2cnccn2)CC1. The zero-order valence-corrected chi connectivity index (χ0v) is 16.3. The van der Waals surface area contributed by atoms with Crippen LogP contribution in [0.5, 0.6) is 0 Å². The molecule has 3 aromatic rings. The molecule has 28 heavy (non-hydrogen) atoms. The van der Waals surface area contributed by atoms with Crippen LogP contribution in [0.1, 0.15) is 48.8 Å². The molecule has 1 aliphatic rings. The predicted molar refractivity (Wildman–Crippen MR) is 103 cm³/mol. The van der Waals surface area contributed by atoms with E-state index in [0.717, 1.165) is 37.2 Å². The largest absolute Gasteiger partial charge is 0.368 e. The molecule has 1 aliphatic heterocycles. The number of methoxy groups -OCH3 is 1. The van der Waals surface area contributed by atoms with Crippen LogP contribution in [0.2, 0.25) is 0 Å². The van der Waals surface area contributed by atoms with Crippen molar-refractivity contribution in [3.63, 3.8) is 0 Å². The Kier molecular flexibility index (Phi) is 5.45. The summed E-state index contributed by atoms with van der Waals surface area (Å²) in [5.74, 6) is 1.26. The third kappa shape index (κ3) is 3.81. The number of benzene rings is 1. The molecule has 1 aromatic carbocycles. The average Bonchev–Trinajstić information content (AvgIpc) is 3.24. The van der Waals surface area contributed by atoms with E-state index < -0.39 is 5.60 Å². The minimum Gasteiger partial charge on any atom is -0.368 e. The van der Waals surface area contributed by atoms with Gasteiger partial charge in [0.2, 0.25) is 0 Å². The van der Waals surface area contributed by atoms with Gasteiger partial charge < -0.3 is 9.26 Å². The molecule has 7 nitrogen and oxygen atoms in total. The molecule has 0 spiro atoms. The molecule has 0 N–H and O–H groups in total. The fraction of sp³-hybridized carbons (Fsp3) is 0.429. The monoisotopic (exact) mass is 379 g/mol. The van der Waals surface area contributed by atoms with E-state index in [1.165, 1.54) is 0 Å². The Bertz CT molecular complexity index is 876. The van der Waals surface area contributed by atoms with Crippen molar-refractivity contribution in [2.75, 3.05) is 20.2 Å². The maximum absolute atomic E-state index is 5.91. The molecule has 3 heterocycles. The third-order valence-electron chi connectivity index (χ3n) is 5.62. The van der Waals surface area contributed by atoms with Crippen molar-refractivity contribution < 1.29 is 9.26 Å². The topological polar surface area (TPSA) is 77.2 Å². The van der Waals surface area contributed by atoms with Gasteiger partial charge in [0.25, 0.3) is 5.89 Å². The Balaban J connectivity index is 1.44. The van der Waals surface area contributed by atoms with Crippen LogP contribution < -0.4 is 0 Å². The first-order chi connectivity index (χ1) is 13.7. The molecule has 0 saturated carbocycles. The van der Waals surface area contributed by atoms with Gasteiger partial charge in [-0.25, -0.2) is 0 Å². The average molecular weight is 379 g/mol. The standard InChI is InChI=1S/C21H25N5O2/c1-16(18-15-22-10-11-23-18)26-12-8-21(27-2,9-13-26)20-24-19(25-28-20)14-17-6-4-3-5-7-17/h3-7,10-11,15-16H,8-9,12-14H2,1-2H3. The quantitative estimate of drug-likeness (QED) is 0.651. The highest BCUT2D eigenvalue weighted by Crippen LogP contribution is 2.37. The van der Waals surface area contributed by atoms with E-state index in [9.17, 15) is 0 Å². The first-order valence-corrected chi connectivity index (χ1v) is 9.62. The van der Waals surface area contributed by atoms with Gasteiger partial charge in [-0.05, 0) is 25.3 Å². The normalized spacial score (nSPS) is 18.1. The maximum atomic E-state index is 5.91. The molecule has 1 unspecified atom stereocenters. The van der Waals surface area contributed by atoms with E-state index in [4.69, 9.17) is 9.26 Å². The van der Waals surface area contributed by atoms with E-state index in [1.807, 2.05) is 24.4 Å². The third-order valence-corrected chi connectivity index (χ3v) is 5.62. The van der Waals surface area contributed by atoms with Gasteiger partial charge in [0, 0.05) is 45.2 Å². The van der Waals surface area contributed by atoms with Gasteiger partial charge >= 0.3 is 0 Å². The molecular formula is C21H25N5O2. The predicted octanol–water partition coefficient (Wildman–Crippen LogP) is 3.15. The number of piperidine rings is 1. The lowest BCUT2D eigenvalue weighted by Gasteiger charge is -2.40. The van der Waals surface area contributed by atoms with Crippen LogP contribution >= 0.6 is 0 Å². The van der Waals surface area contributed by atoms with E-state index >= 15 is 0 Å². The van der Waals surface area contributed by atoms with Crippen molar-refractivity contribution in [1.29, 1.82) is 0 Å². The van der Waals surface area contributed by atoms with Crippen LogP contribution in [0.4, 0.5) is 0 Å². The Hall–Kier alpha value is -2.64. The van der Waals surface area contributed by atoms with Crippen LogP contribution in [-0.2, 0) is 16.8 Å². The molecule has 1 atom stereocenters. The van der Waals surface area contributed by atoms with Crippen LogP contribution in [0.15, 0.2) is 53.4 Å². The lowest BCUT2D eigenvalue weighted by Crippen LogP contribution is -2.45. The van der Waals surface area contributed by atoms with Crippen molar-refractivity contribution in [3.05, 3.63) is 71.9 Å². The summed E-state index contributed by atoms with van der Waals surface area (Å²) in [6.07, 6.45) is 7.51. The van der Waals surface area contributed by atoms with Crippen LogP contribution in [-0.4, -0.2) is 45.2 Å². The van der Waals surface area contributed by atoms with Crippen LogP contribution in [0.25, 0.3) is 0 Å². The number of nitrogens with zero attached hydrogens (tertiary/aromatic N) is 5. The van der Waals surface area contributed by atoms with Gasteiger partial charge in [-0.2, -0.15) is 4.98 Å². The highest BCUT2D eigenvalue weighted by molar-refractivity contribution is 5.19. The number of hydrogen-bond donors (Lipinski definition) is 0. The number of aromatic nitrogens is 4. The van der Waals surface area contributed by atoms with Crippen LogP contribution in [0.3, 0.4) is 0 Å². The summed E-state index contributed by atoms with van der Waals surface area (Å²) >= 11 is 0. The number of likely N-dealkylation sites (tertiary alicyclic amines) is 1. The van der Waals surface area contributed by atoms with Gasteiger partial charge in [-0.1, -0.05) is 35.5 Å². The molecule has 7 heteroatoms. The Labute approximate surface area is 164 Å². The minimum absolute atomic E-state index is 0.208. The minimum atomic E-state index is -0.527. The van der Waals surface area contributed by atoms with Crippen molar-refractivity contribution in [2.24, 2.45) is 0 Å². The first kappa shape index (κ1) is 18.7. The second-order valence-electron chi connectivity index (χ2n) is 7.22. The first-order valence-electron chi connectivity index (χ1n) is 9.62. The molecule has 0 aliphatic carbocycles. The molecule has 0 bridgehead atoms. The Morgan fingerprint density at radius 1 is 1.18 bits per heavy atom. The molecule has 2 aromatic heterocycles. The van der Waals surface area contributed by atoms with Gasteiger partial charge in [0.05, 0.1) is 11.7 Å².